The molecule has 0 unspecified atom stereocenters. The van der Waals surface area contributed by atoms with Gasteiger partial charge in [-0.15, -0.1) is 6.58 Å². The van der Waals surface area contributed by atoms with Gasteiger partial charge in [-0.05, 0) is 49.2 Å². The van der Waals surface area contributed by atoms with Crippen LogP contribution in [0.4, 0.5) is 0 Å². The van der Waals surface area contributed by atoms with Crippen molar-refractivity contribution in [1.29, 1.82) is 0 Å². The number of benzene rings is 2. The molecule has 5 heteroatoms. The minimum absolute atomic E-state index is 0.0786. The Hall–Kier alpha value is -2.66. The molecule has 0 fully saturated rings. The number of thiazole rings is 1. The Morgan fingerprint density at radius 2 is 2.04 bits per heavy atom. The molecule has 1 aromatic heterocycles. The molecule has 1 heterocycles. The van der Waals surface area contributed by atoms with Gasteiger partial charge in [0, 0.05) is 6.54 Å². The first-order chi connectivity index (χ1) is 12.1. The highest BCUT2D eigenvalue weighted by Crippen LogP contribution is 2.19. The monoisotopic (exact) mass is 352 g/mol. The number of carbonyl (C=O) groups excluding carboxylic acids is 1. The minimum atomic E-state index is -0.303. The molecule has 0 radical (unpaired) electrons. The Bertz CT molecular complexity index is 998. The van der Waals surface area contributed by atoms with Crippen LogP contribution in [0, 0.1) is 13.8 Å². The second-order valence-corrected chi connectivity index (χ2v) is 6.87. The largest absolute Gasteiger partial charge is 0.484 e. The summed E-state index contributed by atoms with van der Waals surface area (Å²) in [6.07, 6.45) is 1.80. The van der Waals surface area contributed by atoms with Crippen LogP contribution in [0.25, 0.3) is 10.2 Å². The summed E-state index contributed by atoms with van der Waals surface area (Å²) >= 11 is 1.50. The van der Waals surface area contributed by atoms with Crippen molar-refractivity contribution in [3.8, 4) is 5.75 Å². The number of ether oxygens (including phenoxy) is 1. The number of aromatic nitrogens is 1. The van der Waals surface area contributed by atoms with Crippen LogP contribution in [0.15, 0.2) is 60.1 Å². The van der Waals surface area contributed by atoms with Gasteiger partial charge in [0.05, 0.1) is 10.2 Å². The molecule has 3 rings (SSSR count). The summed E-state index contributed by atoms with van der Waals surface area (Å²) in [5.41, 5.74) is 3.33. The van der Waals surface area contributed by atoms with E-state index in [2.05, 4.69) is 36.7 Å². The van der Waals surface area contributed by atoms with Gasteiger partial charge in [-0.2, -0.15) is 4.99 Å². The number of aryl methyl sites for hydroxylation is 2. The van der Waals surface area contributed by atoms with Crippen LogP contribution in [0.3, 0.4) is 0 Å². The Kier molecular flexibility index (Phi) is 5.14. The Balaban J connectivity index is 1.87. The van der Waals surface area contributed by atoms with Crippen LogP contribution >= 0.6 is 11.3 Å². The van der Waals surface area contributed by atoms with Crippen LogP contribution in [0.2, 0.25) is 0 Å². The maximum atomic E-state index is 12.2. The quantitative estimate of drug-likeness (QED) is 0.651. The summed E-state index contributed by atoms with van der Waals surface area (Å²) in [5, 5.41) is 0. The lowest BCUT2D eigenvalue weighted by molar-refractivity contribution is -0.120. The maximum Gasteiger partial charge on any atom is 0.286 e. The Morgan fingerprint density at radius 3 is 2.80 bits per heavy atom. The molecule has 0 N–H and O–H groups in total. The molecule has 0 atom stereocenters. The van der Waals surface area contributed by atoms with Gasteiger partial charge in [0.25, 0.3) is 5.91 Å². The van der Waals surface area contributed by atoms with E-state index in [4.69, 9.17) is 4.74 Å². The standard InChI is InChI=1S/C20H20N2O2S/c1-4-10-22-17-9-8-15(3)12-18(17)25-20(22)21-19(23)13-24-16-7-5-6-14(2)11-16/h4-9,11-12H,1,10,13H2,2-3H3. The van der Waals surface area contributed by atoms with Crippen LogP contribution < -0.4 is 9.54 Å². The summed E-state index contributed by atoms with van der Waals surface area (Å²) in [4.78, 5) is 17.2. The SMILES string of the molecule is C=CCn1c(=NC(=O)COc2cccc(C)c2)sc2cc(C)ccc21. The summed E-state index contributed by atoms with van der Waals surface area (Å²) in [6.45, 7) is 8.36. The van der Waals surface area contributed by atoms with Gasteiger partial charge in [0.15, 0.2) is 11.4 Å². The average molecular weight is 352 g/mol. The number of hydrogen-bond donors (Lipinski definition) is 0. The smallest absolute Gasteiger partial charge is 0.286 e. The van der Waals surface area contributed by atoms with Crippen molar-refractivity contribution in [3.63, 3.8) is 0 Å². The van der Waals surface area contributed by atoms with Crippen molar-refractivity contribution in [2.24, 2.45) is 4.99 Å². The lowest BCUT2D eigenvalue weighted by atomic mass is 10.2. The van der Waals surface area contributed by atoms with Crippen molar-refractivity contribution < 1.29 is 9.53 Å². The third-order valence-corrected chi connectivity index (χ3v) is 4.76. The topological polar surface area (TPSA) is 43.6 Å². The molecule has 0 aliphatic carbocycles. The third-order valence-electron chi connectivity index (χ3n) is 3.72. The second-order valence-electron chi connectivity index (χ2n) is 5.87. The van der Waals surface area contributed by atoms with Crippen LogP contribution in [-0.2, 0) is 11.3 Å². The molecular weight excluding hydrogens is 332 g/mol. The van der Waals surface area contributed by atoms with E-state index in [0.717, 1.165) is 15.8 Å². The highest BCUT2D eigenvalue weighted by Gasteiger charge is 2.08. The van der Waals surface area contributed by atoms with E-state index in [-0.39, 0.29) is 12.5 Å². The van der Waals surface area contributed by atoms with E-state index in [9.17, 15) is 4.79 Å². The molecule has 1 amide bonds. The fourth-order valence-electron chi connectivity index (χ4n) is 2.56. The maximum absolute atomic E-state index is 12.2. The zero-order valence-corrected chi connectivity index (χ0v) is 15.2. The fraction of sp³-hybridized carbons (Fsp3) is 0.200. The highest BCUT2D eigenvalue weighted by atomic mass is 32.1. The van der Waals surface area contributed by atoms with Crippen LogP contribution in [0.5, 0.6) is 5.75 Å². The third kappa shape index (κ3) is 4.06. The summed E-state index contributed by atoms with van der Waals surface area (Å²) < 4.78 is 8.65. The Labute approximate surface area is 150 Å². The highest BCUT2D eigenvalue weighted by molar-refractivity contribution is 7.16. The molecule has 2 aromatic carbocycles. The van der Waals surface area contributed by atoms with Gasteiger partial charge < -0.3 is 9.30 Å². The van der Waals surface area contributed by atoms with E-state index in [0.29, 0.717) is 17.1 Å². The number of fused-ring (bicyclic) bond motifs is 1. The molecule has 3 aromatic rings. The van der Waals surface area contributed by atoms with Crippen LogP contribution in [0.1, 0.15) is 11.1 Å². The zero-order valence-electron chi connectivity index (χ0n) is 14.4. The van der Waals surface area contributed by atoms with Gasteiger partial charge in [-0.3, -0.25) is 4.79 Å². The number of carbonyl (C=O) groups is 1. The predicted molar refractivity (Wildman–Crippen MR) is 102 cm³/mol. The van der Waals surface area contributed by atoms with Gasteiger partial charge in [0.1, 0.15) is 5.75 Å². The molecule has 0 aliphatic heterocycles. The van der Waals surface area contributed by atoms with E-state index >= 15 is 0 Å². The van der Waals surface area contributed by atoms with E-state index < -0.39 is 0 Å². The second kappa shape index (κ2) is 7.49. The molecular formula is C20H20N2O2S. The van der Waals surface area contributed by atoms with Gasteiger partial charge in [-0.1, -0.05) is 35.6 Å². The van der Waals surface area contributed by atoms with Crippen molar-refractivity contribution in [2.75, 3.05) is 6.61 Å². The summed E-state index contributed by atoms with van der Waals surface area (Å²) in [6, 6.07) is 13.8. The van der Waals surface area contributed by atoms with Crippen molar-refractivity contribution in [3.05, 3.63) is 71.0 Å². The lowest BCUT2D eigenvalue weighted by Crippen LogP contribution is -2.19. The molecule has 0 saturated carbocycles. The van der Waals surface area contributed by atoms with Crippen LogP contribution in [-0.4, -0.2) is 17.1 Å². The first kappa shape index (κ1) is 17.2. The summed E-state index contributed by atoms with van der Waals surface area (Å²) in [7, 11) is 0. The average Bonchev–Trinajstić information content (AvgIpc) is 2.90. The molecule has 0 spiro atoms. The number of allylic oxidation sites excluding steroid dienone is 1. The molecule has 0 saturated heterocycles. The van der Waals surface area contributed by atoms with E-state index in [1.54, 1.807) is 6.08 Å². The van der Waals surface area contributed by atoms with E-state index in [1.165, 1.54) is 16.9 Å². The van der Waals surface area contributed by atoms with Crippen molar-refractivity contribution in [1.82, 2.24) is 4.57 Å². The first-order valence-corrected chi connectivity index (χ1v) is 8.86. The molecule has 128 valence electrons. The van der Waals surface area contributed by atoms with Crippen molar-refractivity contribution in [2.45, 2.75) is 20.4 Å². The first-order valence-electron chi connectivity index (χ1n) is 8.05. The molecule has 0 bridgehead atoms. The Morgan fingerprint density at radius 1 is 1.24 bits per heavy atom. The van der Waals surface area contributed by atoms with Gasteiger partial charge in [-0.25, -0.2) is 0 Å². The van der Waals surface area contributed by atoms with Gasteiger partial charge >= 0.3 is 0 Å². The summed E-state index contributed by atoms with van der Waals surface area (Å²) in [5.74, 6) is 0.372. The number of hydrogen-bond acceptors (Lipinski definition) is 3. The molecule has 25 heavy (non-hydrogen) atoms. The van der Waals surface area contributed by atoms with Crippen molar-refractivity contribution >= 4 is 27.5 Å². The molecule has 0 aliphatic rings. The number of rotatable bonds is 5. The predicted octanol–water partition coefficient (Wildman–Crippen LogP) is 4.01. The fourth-order valence-corrected chi connectivity index (χ4v) is 3.72. The number of amides is 1. The zero-order chi connectivity index (χ0) is 17.8. The number of nitrogens with zero attached hydrogens (tertiary/aromatic N) is 2. The lowest BCUT2D eigenvalue weighted by Gasteiger charge is -2.04. The van der Waals surface area contributed by atoms with E-state index in [1.807, 2.05) is 35.8 Å². The minimum Gasteiger partial charge on any atom is -0.484 e. The molecule has 4 nitrogen and oxygen atoms in total. The van der Waals surface area contributed by atoms with Gasteiger partial charge in [0.2, 0.25) is 0 Å². The normalized spacial score (nSPS) is 11.7.